The molecule has 124 valence electrons. The Morgan fingerprint density at radius 3 is 2.58 bits per heavy atom. The average Bonchev–Trinajstić information content (AvgIpc) is 2.59. The number of nitrogens with zero attached hydrogens (tertiary/aromatic N) is 2. The Balaban J connectivity index is 2.17. The molecule has 2 N–H and O–H groups in total. The normalized spacial score (nSPS) is 9.92. The number of ether oxygens (including phenoxy) is 1. The quantitative estimate of drug-likeness (QED) is 0.624. The number of hydrogen-bond acceptors (Lipinski definition) is 6. The summed E-state index contributed by atoms with van der Waals surface area (Å²) in [4.78, 5) is 31.8. The second-order valence-corrected chi connectivity index (χ2v) is 4.88. The van der Waals surface area contributed by atoms with Crippen LogP contribution >= 0.6 is 0 Å². The molecule has 0 aliphatic rings. The lowest BCUT2D eigenvalue weighted by Crippen LogP contribution is -2.24. The summed E-state index contributed by atoms with van der Waals surface area (Å²) in [7, 11) is 1.33. The summed E-state index contributed by atoms with van der Waals surface area (Å²) in [6.07, 6.45) is 1.59. The number of rotatable bonds is 6. The van der Waals surface area contributed by atoms with Gasteiger partial charge in [-0.05, 0) is 31.2 Å². The molecule has 24 heavy (non-hydrogen) atoms. The summed E-state index contributed by atoms with van der Waals surface area (Å²) in [5.74, 6) is 0.247. The molecule has 1 aromatic carbocycles. The van der Waals surface area contributed by atoms with Crippen LogP contribution < -0.4 is 10.6 Å². The van der Waals surface area contributed by atoms with Gasteiger partial charge in [-0.15, -0.1) is 6.58 Å². The van der Waals surface area contributed by atoms with Crippen LogP contribution in [0.3, 0.4) is 0 Å². The van der Waals surface area contributed by atoms with E-state index in [0.29, 0.717) is 23.8 Å². The van der Waals surface area contributed by atoms with Gasteiger partial charge in [0, 0.05) is 18.3 Å². The zero-order chi connectivity index (χ0) is 17.5. The summed E-state index contributed by atoms with van der Waals surface area (Å²) < 4.78 is 4.65. The van der Waals surface area contributed by atoms with Gasteiger partial charge in [-0.1, -0.05) is 6.08 Å². The number of aromatic nitrogens is 2. The third-order valence-corrected chi connectivity index (χ3v) is 3.06. The Morgan fingerprint density at radius 1 is 1.25 bits per heavy atom. The molecule has 0 unspecified atom stereocenters. The van der Waals surface area contributed by atoms with Crippen LogP contribution in [0.2, 0.25) is 0 Å². The van der Waals surface area contributed by atoms with E-state index >= 15 is 0 Å². The van der Waals surface area contributed by atoms with Gasteiger partial charge in [0.1, 0.15) is 17.3 Å². The summed E-state index contributed by atoms with van der Waals surface area (Å²) in [5, 5.41) is 5.74. The fourth-order valence-electron chi connectivity index (χ4n) is 1.96. The van der Waals surface area contributed by atoms with E-state index in [-0.39, 0.29) is 11.6 Å². The van der Waals surface area contributed by atoms with Crippen molar-refractivity contribution in [2.24, 2.45) is 0 Å². The van der Waals surface area contributed by atoms with Crippen molar-refractivity contribution in [3.63, 3.8) is 0 Å². The molecule has 0 bridgehead atoms. The lowest BCUT2D eigenvalue weighted by molar-refractivity contribution is 0.0600. The smallest absolute Gasteiger partial charge is 0.337 e. The lowest BCUT2D eigenvalue weighted by Gasteiger charge is -2.09. The minimum Gasteiger partial charge on any atom is -0.465 e. The third-order valence-electron chi connectivity index (χ3n) is 3.06. The number of aryl methyl sites for hydroxylation is 1. The largest absolute Gasteiger partial charge is 0.465 e. The van der Waals surface area contributed by atoms with Crippen molar-refractivity contribution in [3.05, 3.63) is 60.1 Å². The van der Waals surface area contributed by atoms with Crippen LogP contribution in [0.4, 0.5) is 11.5 Å². The topological polar surface area (TPSA) is 93.2 Å². The highest BCUT2D eigenvalue weighted by Gasteiger charge is 2.10. The fourth-order valence-corrected chi connectivity index (χ4v) is 1.96. The molecule has 0 aliphatic heterocycles. The monoisotopic (exact) mass is 326 g/mol. The molecule has 1 heterocycles. The van der Waals surface area contributed by atoms with E-state index in [1.165, 1.54) is 7.11 Å². The van der Waals surface area contributed by atoms with Crippen LogP contribution in [0.5, 0.6) is 0 Å². The predicted molar refractivity (Wildman–Crippen MR) is 90.4 cm³/mol. The van der Waals surface area contributed by atoms with E-state index in [1.54, 1.807) is 43.3 Å². The van der Waals surface area contributed by atoms with Crippen molar-refractivity contribution in [2.75, 3.05) is 19.0 Å². The summed E-state index contributed by atoms with van der Waals surface area (Å²) in [6, 6.07) is 8.28. The number of nitrogens with one attached hydrogen (secondary N) is 2. The van der Waals surface area contributed by atoms with Crippen LogP contribution in [-0.4, -0.2) is 35.5 Å². The Labute approximate surface area is 139 Å². The Hall–Kier alpha value is -3.22. The van der Waals surface area contributed by atoms with Crippen molar-refractivity contribution in [2.45, 2.75) is 6.92 Å². The molecule has 0 radical (unpaired) electrons. The first-order valence-corrected chi connectivity index (χ1v) is 7.23. The fraction of sp³-hybridized carbons (Fsp3) is 0.176. The van der Waals surface area contributed by atoms with Gasteiger partial charge in [-0.3, -0.25) is 4.79 Å². The number of hydrogen-bond donors (Lipinski definition) is 2. The van der Waals surface area contributed by atoms with Crippen LogP contribution in [0.25, 0.3) is 0 Å². The van der Waals surface area contributed by atoms with E-state index in [2.05, 4.69) is 31.9 Å². The van der Waals surface area contributed by atoms with E-state index in [0.717, 1.165) is 5.69 Å². The van der Waals surface area contributed by atoms with Crippen LogP contribution in [0, 0.1) is 6.92 Å². The molecule has 0 atom stereocenters. The SMILES string of the molecule is C=CCNC(=O)c1cc(Nc2ccc(C(=O)OC)cc2)nc(C)n1. The van der Waals surface area contributed by atoms with Crippen molar-refractivity contribution in [1.82, 2.24) is 15.3 Å². The van der Waals surface area contributed by atoms with Gasteiger partial charge in [-0.2, -0.15) is 0 Å². The standard InChI is InChI=1S/C17H18N4O3/c1-4-9-18-16(22)14-10-15(20-11(2)19-14)21-13-7-5-12(6-8-13)17(23)24-3/h4-8,10H,1,9H2,2-3H3,(H,18,22)(H,19,20,21). The first kappa shape index (κ1) is 17.1. The first-order chi connectivity index (χ1) is 11.5. The molecule has 2 aromatic rings. The number of carbonyl (C=O) groups is 2. The molecule has 2 rings (SSSR count). The van der Waals surface area contributed by atoms with E-state index in [4.69, 9.17) is 0 Å². The van der Waals surface area contributed by atoms with Crippen molar-refractivity contribution < 1.29 is 14.3 Å². The van der Waals surface area contributed by atoms with Gasteiger partial charge in [0.15, 0.2) is 0 Å². The van der Waals surface area contributed by atoms with Crippen molar-refractivity contribution in [3.8, 4) is 0 Å². The van der Waals surface area contributed by atoms with E-state index in [9.17, 15) is 9.59 Å². The van der Waals surface area contributed by atoms with Crippen LogP contribution in [-0.2, 0) is 4.74 Å². The highest BCUT2D eigenvalue weighted by atomic mass is 16.5. The lowest BCUT2D eigenvalue weighted by atomic mass is 10.2. The molecule has 1 aromatic heterocycles. The second-order valence-electron chi connectivity index (χ2n) is 4.88. The number of carbonyl (C=O) groups excluding carboxylic acids is 2. The Bertz CT molecular complexity index is 757. The molecule has 7 nitrogen and oxygen atoms in total. The minimum atomic E-state index is -0.402. The molecular formula is C17H18N4O3. The van der Waals surface area contributed by atoms with E-state index in [1.807, 2.05) is 0 Å². The second kappa shape index (κ2) is 7.87. The maximum Gasteiger partial charge on any atom is 0.337 e. The maximum atomic E-state index is 12.0. The molecule has 0 saturated heterocycles. The summed E-state index contributed by atoms with van der Waals surface area (Å²) in [6.45, 7) is 5.62. The highest BCUT2D eigenvalue weighted by Crippen LogP contribution is 2.16. The van der Waals surface area contributed by atoms with Gasteiger partial charge in [-0.25, -0.2) is 14.8 Å². The molecule has 0 aliphatic carbocycles. The van der Waals surface area contributed by atoms with Crippen LogP contribution in [0.15, 0.2) is 43.0 Å². The van der Waals surface area contributed by atoms with Gasteiger partial charge >= 0.3 is 5.97 Å². The zero-order valence-electron chi connectivity index (χ0n) is 13.5. The summed E-state index contributed by atoms with van der Waals surface area (Å²) in [5.41, 5.74) is 1.43. The number of anilines is 2. The number of methoxy groups -OCH3 is 1. The minimum absolute atomic E-state index is 0.262. The Morgan fingerprint density at radius 2 is 1.96 bits per heavy atom. The molecule has 0 spiro atoms. The number of benzene rings is 1. The number of amides is 1. The number of esters is 1. The maximum absolute atomic E-state index is 12.0. The first-order valence-electron chi connectivity index (χ1n) is 7.23. The van der Waals surface area contributed by atoms with Gasteiger partial charge < -0.3 is 15.4 Å². The van der Waals surface area contributed by atoms with Gasteiger partial charge in [0.05, 0.1) is 12.7 Å². The highest BCUT2D eigenvalue weighted by molar-refractivity contribution is 5.93. The zero-order valence-corrected chi connectivity index (χ0v) is 13.5. The van der Waals surface area contributed by atoms with E-state index < -0.39 is 5.97 Å². The Kier molecular flexibility index (Phi) is 5.62. The summed E-state index contributed by atoms with van der Waals surface area (Å²) >= 11 is 0. The molecular weight excluding hydrogens is 308 g/mol. The van der Waals surface area contributed by atoms with Gasteiger partial charge in [0.25, 0.3) is 5.91 Å². The molecule has 0 saturated carbocycles. The van der Waals surface area contributed by atoms with Crippen LogP contribution in [0.1, 0.15) is 26.7 Å². The van der Waals surface area contributed by atoms with Crippen molar-refractivity contribution >= 4 is 23.4 Å². The van der Waals surface area contributed by atoms with Gasteiger partial charge in [0.2, 0.25) is 0 Å². The average molecular weight is 326 g/mol. The molecule has 0 fully saturated rings. The predicted octanol–water partition coefficient (Wildman–Crippen LogP) is 2.23. The van der Waals surface area contributed by atoms with Crippen molar-refractivity contribution in [1.29, 1.82) is 0 Å². The molecule has 1 amide bonds. The third kappa shape index (κ3) is 4.39. The molecule has 7 heteroatoms.